The summed E-state index contributed by atoms with van der Waals surface area (Å²) in [5.41, 5.74) is 7.36. The van der Waals surface area contributed by atoms with Crippen LogP contribution in [0.4, 0.5) is 11.5 Å². The topological polar surface area (TPSA) is 71.2 Å². The van der Waals surface area contributed by atoms with Crippen molar-refractivity contribution in [1.82, 2.24) is 4.98 Å². The first kappa shape index (κ1) is 14.3. The van der Waals surface area contributed by atoms with Crippen LogP contribution >= 0.6 is 15.9 Å². The number of aliphatic hydroxyl groups excluding tert-OH is 1. The number of hydrogen-bond acceptors (Lipinski definition) is 4. The number of aromatic nitrogens is 1. The van der Waals surface area contributed by atoms with Gasteiger partial charge in [-0.05, 0) is 40.8 Å². The summed E-state index contributed by atoms with van der Waals surface area (Å²) in [5.74, 6) is 1.20. The monoisotopic (exact) mass is 301 g/mol. The van der Waals surface area contributed by atoms with Crippen molar-refractivity contribution in [2.45, 2.75) is 33.3 Å². The lowest BCUT2D eigenvalue weighted by atomic mass is 10.1. The van der Waals surface area contributed by atoms with Crippen molar-refractivity contribution in [2.75, 3.05) is 17.6 Å². The lowest BCUT2D eigenvalue weighted by molar-refractivity contribution is 0.161. The number of anilines is 2. The van der Waals surface area contributed by atoms with Gasteiger partial charge in [-0.2, -0.15) is 0 Å². The van der Waals surface area contributed by atoms with Gasteiger partial charge in [0.05, 0.1) is 22.5 Å². The van der Waals surface area contributed by atoms with Crippen LogP contribution in [-0.2, 0) is 0 Å². The SMILES string of the molecule is Cc1c(N)cnc(NCC(O)CC(C)C)c1Br. The molecule has 0 bridgehead atoms. The van der Waals surface area contributed by atoms with Gasteiger partial charge in [-0.15, -0.1) is 0 Å². The fourth-order valence-corrected chi connectivity index (χ4v) is 2.03. The van der Waals surface area contributed by atoms with Gasteiger partial charge in [0.15, 0.2) is 0 Å². The molecule has 96 valence electrons. The minimum atomic E-state index is -0.360. The Balaban J connectivity index is 2.61. The van der Waals surface area contributed by atoms with Crippen molar-refractivity contribution in [3.8, 4) is 0 Å². The van der Waals surface area contributed by atoms with E-state index in [1.165, 1.54) is 0 Å². The molecule has 0 aromatic carbocycles. The van der Waals surface area contributed by atoms with E-state index in [1.54, 1.807) is 6.20 Å². The molecular formula is C12H20BrN3O. The maximum absolute atomic E-state index is 9.77. The Labute approximate surface area is 111 Å². The van der Waals surface area contributed by atoms with Crippen LogP contribution in [0.3, 0.4) is 0 Å². The van der Waals surface area contributed by atoms with E-state index in [9.17, 15) is 5.11 Å². The minimum absolute atomic E-state index is 0.360. The molecule has 5 heteroatoms. The molecule has 0 aliphatic carbocycles. The van der Waals surface area contributed by atoms with Crippen LogP contribution in [-0.4, -0.2) is 22.7 Å². The van der Waals surface area contributed by atoms with Gasteiger partial charge in [-0.25, -0.2) is 4.98 Å². The molecule has 0 saturated carbocycles. The number of nitrogen functional groups attached to an aromatic ring is 1. The molecule has 1 atom stereocenters. The first-order chi connectivity index (χ1) is 7.91. The van der Waals surface area contributed by atoms with Crippen LogP contribution in [0.5, 0.6) is 0 Å². The highest BCUT2D eigenvalue weighted by Gasteiger charge is 2.10. The standard InChI is InChI=1S/C12H20BrN3O/c1-7(2)4-9(17)5-15-12-11(13)8(3)10(14)6-16-12/h6-7,9,17H,4-5,14H2,1-3H3,(H,15,16). The Morgan fingerprint density at radius 2 is 2.18 bits per heavy atom. The smallest absolute Gasteiger partial charge is 0.140 e. The van der Waals surface area contributed by atoms with Gasteiger partial charge < -0.3 is 16.2 Å². The number of halogens is 1. The van der Waals surface area contributed by atoms with Crippen molar-refractivity contribution >= 4 is 27.4 Å². The quantitative estimate of drug-likeness (QED) is 0.781. The van der Waals surface area contributed by atoms with Crippen LogP contribution in [0.15, 0.2) is 10.7 Å². The average molecular weight is 302 g/mol. The number of aliphatic hydroxyl groups is 1. The van der Waals surface area contributed by atoms with E-state index in [1.807, 2.05) is 6.92 Å². The third-order valence-corrected chi connectivity index (χ3v) is 3.52. The van der Waals surface area contributed by atoms with Gasteiger partial charge in [-0.1, -0.05) is 13.8 Å². The molecule has 1 unspecified atom stereocenters. The van der Waals surface area contributed by atoms with Crippen molar-refractivity contribution < 1.29 is 5.11 Å². The van der Waals surface area contributed by atoms with Gasteiger partial charge in [0.2, 0.25) is 0 Å². The van der Waals surface area contributed by atoms with Crippen LogP contribution in [0.25, 0.3) is 0 Å². The summed E-state index contributed by atoms with van der Waals surface area (Å²) in [4.78, 5) is 4.20. The first-order valence-corrected chi connectivity index (χ1v) is 6.53. The summed E-state index contributed by atoms with van der Waals surface area (Å²) < 4.78 is 0.856. The predicted molar refractivity (Wildman–Crippen MR) is 75.0 cm³/mol. The Morgan fingerprint density at radius 3 is 2.76 bits per heavy atom. The highest BCUT2D eigenvalue weighted by atomic mass is 79.9. The normalized spacial score (nSPS) is 12.8. The van der Waals surface area contributed by atoms with Crippen molar-refractivity contribution in [3.05, 3.63) is 16.2 Å². The second-order valence-corrected chi connectivity index (χ2v) is 5.46. The molecule has 0 radical (unpaired) electrons. The number of nitrogens with two attached hydrogens (primary N) is 1. The van der Waals surface area contributed by atoms with Crippen molar-refractivity contribution in [3.63, 3.8) is 0 Å². The fraction of sp³-hybridized carbons (Fsp3) is 0.583. The Hall–Kier alpha value is -0.810. The third kappa shape index (κ3) is 4.16. The molecule has 1 aromatic rings. The molecule has 0 spiro atoms. The number of nitrogens with zero attached hydrogens (tertiary/aromatic N) is 1. The highest BCUT2D eigenvalue weighted by molar-refractivity contribution is 9.10. The average Bonchev–Trinajstić information content (AvgIpc) is 2.24. The predicted octanol–water partition coefficient (Wildman–Crippen LogP) is 2.55. The maximum atomic E-state index is 9.77. The molecule has 4 N–H and O–H groups in total. The van der Waals surface area contributed by atoms with E-state index >= 15 is 0 Å². The van der Waals surface area contributed by atoms with Gasteiger partial charge in [0.1, 0.15) is 5.82 Å². The zero-order valence-corrected chi connectivity index (χ0v) is 12.1. The minimum Gasteiger partial charge on any atom is -0.397 e. The molecule has 1 rings (SSSR count). The molecule has 0 aliphatic heterocycles. The number of pyridine rings is 1. The summed E-state index contributed by atoms with van der Waals surface area (Å²) in [6.07, 6.45) is 2.04. The number of rotatable bonds is 5. The summed E-state index contributed by atoms with van der Waals surface area (Å²) >= 11 is 3.45. The molecular weight excluding hydrogens is 282 g/mol. The number of hydrogen-bond donors (Lipinski definition) is 3. The summed E-state index contributed by atoms with van der Waals surface area (Å²) in [7, 11) is 0. The summed E-state index contributed by atoms with van der Waals surface area (Å²) in [5, 5.41) is 12.9. The Bertz CT molecular complexity index is 382. The molecule has 0 amide bonds. The molecule has 1 aromatic heterocycles. The molecule has 0 saturated heterocycles. The highest BCUT2D eigenvalue weighted by Crippen LogP contribution is 2.27. The Morgan fingerprint density at radius 1 is 1.53 bits per heavy atom. The summed E-state index contributed by atoms with van der Waals surface area (Å²) in [6, 6.07) is 0. The largest absolute Gasteiger partial charge is 0.397 e. The van der Waals surface area contributed by atoms with Crippen LogP contribution in [0.1, 0.15) is 25.8 Å². The van der Waals surface area contributed by atoms with Crippen molar-refractivity contribution in [2.24, 2.45) is 5.92 Å². The summed E-state index contributed by atoms with van der Waals surface area (Å²) in [6.45, 7) is 6.60. The Kier molecular flexibility index (Phi) is 5.21. The van der Waals surface area contributed by atoms with E-state index in [0.717, 1.165) is 22.3 Å². The zero-order chi connectivity index (χ0) is 13.0. The van der Waals surface area contributed by atoms with Crippen molar-refractivity contribution in [1.29, 1.82) is 0 Å². The molecule has 17 heavy (non-hydrogen) atoms. The lowest BCUT2D eigenvalue weighted by Gasteiger charge is -2.16. The van der Waals surface area contributed by atoms with E-state index < -0.39 is 0 Å². The van der Waals surface area contributed by atoms with E-state index in [4.69, 9.17) is 5.73 Å². The van der Waals surface area contributed by atoms with Crippen LogP contribution in [0, 0.1) is 12.8 Å². The van der Waals surface area contributed by atoms with E-state index in [-0.39, 0.29) is 6.10 Å². The van der Waals surface area contributed by atoms with E-state index in [0.29, 0.717) is 18.2 Å². The molecule has 0 aliphatic rings. The van der Waals surface area contributed by atoms with Crippen LogP contribution < -0.4 is 11.1 Å². The fourth-order valence-electron chi connectivity index (χ4n) is 1.56. The third-order valence-electron chi connectivity index (χ3n) is 2.55. The van der Waals surface area contributed by atoms with Gasteiger partial charge in [0.25, 0.3) is 0 Å². The second-order valence-electron chi connectivity index (χ2n) is 4.67. The lowest BCUT2D eigenvalue weighted by Crippen LogP contribution is -2.22. The van der Waals surface area contributed by atoms with Gasteiger partial charge in [-0.3, -0.25) is 0 Å². The molecule has 1 heterocycles. The zero-order valence-electron chi connectivity index (χ0n) is 10.5. The van der Waals surface area contributed by atoms with E-state index in [2.05, 4.69) is 40.1 Å². The molecule has 4 nitrogen and oxygen atoms in total. The molecule has 0 fully saturated rings. The number of nitrogens with one attached hydrogen (secondary N) is 1. The van der Waals surface area contributed by atoms with Crippen LogP contribution in [0.2, 0.25) is 0 Å². The first-order valence-electron chi connectivity index (χ1n) is 5.74. The van der Waals surface area contributed by atoms with Gasteiger partial charge >= 0.3 is 0 Å². The van der Waals surface area contributed by atoms with Gasteiger partial charge in [0, 0.05) is 6.54 Å². The second kappa shape index (κ2) is 6.21. The maximum Gasteiger partial charge on any atom is 0.140 e.